The predicted octanol–water partition coefficient (Wildman–Crippen LogP) is 33.3. The van der Waals surface area contributed by atoms with Crippen LogP contribution in [0.2, 0.25) is 0 Å². The Labute approximate surface area is 729 Å². The van der Waals surface area contributed by atoms with Crippen LogP contribution < -0.4 is 0 Å². The zero-order valence-corrected chi connectivity index (χ0v) is 72.0. The van der Waals surface area contributed by atoms with Gasteiger partial charge in [0.1, 0.15) is 0 Å². The van der Waals surface area contributed by atoms with E-state index in [4.69, 9.17) is 10.5 Å². The quantitative estimate of drug-likeness (QED) is 0.0600. The van der Waals surface area contributed by atoms with Gasteiger partial charge >= 0.3 is 171 Å². The third-order valence-electron chi connectivity index (χ3n) is 15.0. The van der Waals surface area contributed by atoms with Crippen LogP contribution in [-0.2, 0) is 39.0 Å². The van der Waals surface area contributed by atoms with Gasteiger partial charge in [-0.15, -0.1) is 0 Å². The molecule has 0 aliphatic heterocycles. The number of aryl methyl sites for hydroxylation is 1. The van der Waals surface area contributed by atoms with Crippen molar-refractivity contribution in [3.63, 3.8) is 0 Å². The van der Waals surface area contributed by atoms with E-state index in [1.54, 1.807) is 86.5 Å². The number of hydrogen-bond donors (Lipinski definition) is 0. The van der Waals surface area contributed by atoms with Crippen molar-refractivity contribution in [1.82, 2.24) is 59.8 Å². The molecule has 19 aromatic rings. The third-order valence-corrected chi connectivity index (χ3v) is 15.0. The maximum atomic E-state index is 9.87. The van der Waals surface area contributed by atoms with Gasteiger partial charge in [-0.1, -0.05) is 181 Å². The molecule has 12 aromatic heterocycles. The first-order valence-corrected chi connectivity index (χ1v) is 43.2. The summed E-state index contributed by atoms with van der Waals surface area (Å²) in [5.74, 6) is 0. The molecule has 44 heteroatoms. The van der Waals surface area contributed by atoms with Gasteiger partial charge in [-0.2, -0.15) is 10.5 Å². The number of rotatable bonds is 0. The maximum absolute atomic E-state index is 10.7. The molecule has 668 valence electrons. The number of aromatic nitrogens is 12. The normalized spacial score (nSPS) is 12.9. The summed E-state index contributed by atoms with van der Waals surface area (Å²) in [4.78, 5) is 52.2. The van der Waals surface area contributed by atoms with E-state index in [9.17, 15) is 101 Å². The van der Waals surface area contributed by atoms with Crippen molar-refractivity contribution in [1.29, 1.82) is 10.5 Å². The van der Waals surface area contributed by atoms with Crippen LogP contribution in [0.1, 0.15) is 19.4 Å². The van der Waals surface area contributed by atoms with E-state index in [2.05, 4.69) is 224 Å². The van der Waals surface area contributed by atoms with Gasteiger partial charge in [-0.05, 0) is 79.7 Å². The van der Waals surface area contributed by atoms with Crippen LogP contribution in [0, 0.1) is 29.6 Å². The Morgan fingerprint density at radius 1 is 0.173 bits per heavy atom. The van der Waals surface area contributed by atoms with Gasteiger partial charge in [0.25, 0.3) is 0 Å². The summed E-state index contributed by atoms with van der Waals surface area (Å²) in [5.41, 5.74) is 13.1. The molecule has 0 aliphatic carbocycles. The minimum Gasteiger partial charge on any atom is -0.254 e. The molecule has 0 saturated carbocycles. The summed E-state index contributed by atoms with van der Waals surface area (Å²) in [7, 11) is -42.6. The number of pyridine rings is 12. The Kier molecular flexibility index (Phi) is 33.3. The molecule has 0 atom stereocenters. The fourth-order valence-corrected chi connectivity index (χ4v) is 10.6. The Bertz CT molecular complexity index is 5680. The van der Waals surface area contributed by atoms with Gasteiger partial charge in [0.2, 0.25) is 0 Å². The van der Waals surface area contributed by atoms with Crippen LogP contribution in [0.15, 0.2) is 323 Å². The van der Waals surface area contributed by atoms with Gasteiger partial charge in [-0.25, -0.2) is 0 Å². The van der Waals surface area contributed by atoms with E-state index in [-0.39, 0.29) is 39.0 Å². The Morgan fingerprint density at radius 3 is 0.331 bits per heavy atom. The van der Waals surface area contributed by atoms with Crippen molar-refractivity contribution >= 4 is 162 Å². The van der Waals surface area contributed by atoms with Crippen molar-refractivity contribution in [2.45, 2.75) is 20.8 Å². The smallest absolute Gasteiger partial charge is 0.254 e. The molecule has 0 unspecified atom stereocenters. The number of benzene rings is 7. The Balaban J connectivity index is 0.000000249. The van der Waals surface area contributed by atoms with E-state index >= 15 is 0 Å². The number of hydrogen-bond acceptors (Lipinski definition) is 14. The summed E-state index contributed by atoms with van der Waals surface area (Å²) in [5, 5.41) is 28.3. The number of fused-ring (bicyclic) bond motifs is 18. The molecule has 0 amide bonds. The van der Waals surface area contributed by atoms with Crippen molar-refractivity contribution < 1.29 is 140 Å². The van der Waals surface area contributed by atoms with Gasteiger partial charge < -0.3 is 0 Å². The van der Waals surface area contributed by atoms with Crippen LogP contribution in [0.4, 0.5) is 101 Å². The summed E-state index contributed by atoms with van der Waals surface area (Å²) in [6.45, 7) is 4.94. The first-order valence-electron chi connectivity index (χ1n) is 35.1. The minimum absolute atomic E-state index is 0. The average Bonchev–Trinajstić information content (AvgIpc) is 0.784. The van der Waals surface area contributed by atoms with Crippen LogP contribution in [0.3, 0.4) is 0 Å². The standard InChI is InChI=1S/6C12H8N2.C7H8.2C2H3N.4F6P.2Ru/c6*1-3-9-5-6-10-4-2-8-14-12(10)11(9)13-7-1;1-7-5-3-2-4-6-7;2*1-2-3;4*1-7(2,3,4,5)6;;/h6*1-8H;2-6H,1H3;2*1H3;;;;;;/q;;;;;;;;;4*-1;2*+2. The van der Waals surface area contributed by atoms with Gasteiger partial charge in [-0.3, -0.25) is 59.8 Å². The van der Waals surface area contributed by atoms with E-state index in [0.717, 1.165) is 131 Å². The van der Waals surface area contributed by atoms with Crippen molar-refractivity contribution in [2.24, 2.45) is 0 Å². The summed E-state index contributed by atoms with van der Waals surface area (Å²) < 4.78 is 237. The molecule has 0 bridgehead atoms. The molecule has 0 radical (unpaired) electrons. The second-order valence-electron chi connectivity index (χ2n) is 25.2. The molecule has 12 heterocycles. The number of nitriles is 2. The largest absolute Gasteiger partial charge is 2.00 e. The maximum Gasteiger partial charge on any atom is 2.00 e. The zero-order valence-electron chi connectivity index (χ0n) is 64.9. The van der Waals surface area contributed by atoms with Gasteiger partial charge in [0.05, 0.1) is 78.3 Å². The van der Waals surface area contributed by atoms with E-state index in [1.165, 1.54) is 19.4 Å². The molecule has 0 N–H and O–H groups in total. The molecule has 0 spiro atoms. The Hall–Kier alpha value is -12.3. The molecule has 7 aromatic carbocycles. The van der Waals surface area contributed by atoms with E-state index < -0.39 is 31.2 Å². The third kappa shape index (κ3) is 43.0. The predicted molar refractivity (Wildman–Crippen MR) is 450 cm³/mol. The first kappa shape index (κ1) is 105. The number of halogens is 24. The summed E-state index contributed by atoms with van der Waals surface area (Å²) >= 11 is 0. The SMILES string of the molecule is CC#N.CC#N.Cc1ccccc1.F[P-](F)(F)(F)(F)F.F[P-](F)(F)(F)(F)F.F[P-](F)(F)(F)(F)F.F[P-](F)(F)(F)(F)F.[Ru+2].[Ru+2].c1cnc2c(c1)ccc1cccnc12.c1cnc2c(c1)ccc1cccnc12.c1cnc2c(c1)ccc1cccnc12.c1cnc2c(c1)ccc1cccnc12.c1cnc2c(c1)ccc1cccnc12.c1cnc2c(c1)ccc1cccnc12. The average molecular weight is 2040 g/mol. The molecule has 0 saturated heterocycles. The minimum atomic E-state index is -10.7. The van der Waals surface area contributed by atoms with Crippen molar-refractivity contribution in [2.75, 3.05) is 0 Å². The molecule has 0 aliphatic rings. The van der Waals surface area contributed by atoms with Gasteiger partial charge in [0.15, 0.2) is 0 Å². The van der Waals surface area contributed by atoms with Gasteiger partial charge in [0, 0.05) is 153 Å². The molecule has 14 nitrogen and oxygen atoms in total. The van der Waals surface area contributed by atoms with Crippen LogP contribution >= 0.6 is 31.2 Å². The first-order chi connectivity index (χ1) is 57.7. The summed E-state index contributed by atoms with van der Waals surface area (Å²) in [6, 6.07) is 86.6. The van der Waals surface area contributed by atoms with Crippen molar-refractivity contribution in [3.8, 4) is 12.1 Å². The summed E-state index contributed by atoms with van der Waals surface area (Å²) in [6.07, 6.45) is 21.6. The fourth-order valence-electron chi connectivity index (χ4n) is 10.6. The fraction of sp³-hybridized carbons (Fsp3) is 0.0361. The van der Waals surface area contributed by atoms with E-state index in [0.29, 0.717) is 0 Å². The van der Waals surface area contributed by atoms with Crippen LogP contribution in [-0.4, -0.2) is 59.8 Å². The van der Waals surface area contributed by atoms with Crippen molar-refractivity contribution in [3.05, 3.63) is 329 Å². The molecule has 0 fully saturated rings. The number of nitrogens with zero attached hydrogens (tertiary/aromatic N) is 14. The molecule has 19 rings (SSSR count). The topological polar surface area (TPSA) is 202 Å². The second kappa shape index (κ2) is 40.1. The molecular weight excluding hydrogens is 1970 g/mol. The molecular formula is C83H62F24N14P4Ru2. The second-order valence-corrected chi connectivity index (χ2v) is 32.9. The molecule has 127 heavy (non-hydrogen) atoms. The Morgan fingerprint density at radius 2 is 0.260 bits per heavy atom. The monoisotopic (exact) mass is 2040 g/mol. The zero-order chi connectivity index (χ0) is 92.4. The van der Waals surface area contributed by atoms with E-state index in [1.807, 2.05) is 91.0 Å². The van der Waals surface area contributed by atoms with Crippen LogP contribution in [0.25, 0.3) is 131 Å². The van der Waals surface area contributed by atoms with Crippen LogP contribution in [0.5, 0.6) is 0 Å².